The lowest BCUT2D eigenvalue weighted by Crippen LogP contribution is -2.55. The average Bonchev–Trinajstić information content (AvgIpc) is 3.70. The Morgan fingerprint density at radius 3 is 2.44 bits per heavy atom. The monoisotopic (exact) mass is 459 g/mol. The van der Waals surface area contributed by atoms with E-state index >= 15 is 0 Å². The Balaban J connectivity index is 1.24. The highest BCUT2D eigenvalue weighted by Gasteiger charge is 2.40. The summed E-state index contributed by atoms with van der Waals surface area (Å²) < 4.78 is 5.14. The smallest absolute Gasteiger partial charge is 0.233 e. The van der Waals surface area contributed by atoms with Crippen LogP contribution in [0.4, 0.5) is 5.82 Å². The Labute approximate surface area is 198 Å². The summed E-state index contributed by atoms with van der Waals surface area (Å²) in [6.07, 6.45) is 12.1. The quantitative estimate of drug-likeness (QED) is 0.573. The van der Waals surface area contributed by atoms with Crippen LogP contribution in [0.25, 0.3) is 22.5 Å². The number of benzene rings is 1. The zero-order valence-corrected chi connectivity index (χ0v) is 19.3. The molecule has 1 aliphatic carbocycles. The van der Waals surface area contributed by atoms with Crippen LogP contribution in [0.2, 0.25) is 0 Å². The van der Waals surface area contributed by atoms with Gasteiger partial charge in [0.1, 0.15) is 5.75 Å². The lowest BCUT2D eigenvalue weighted by molar-refractivity contribution is 0.215. The highest BCUT2D eigenvalue weighted by molar-refractivity contribution is 5.72. The van der Waals surface area contributed by atoms with Crippen LogP contribution in [0.1, 0.15) is 44.9 Å². The van der Waals surface area contributed by atoms with Crippen LogP contribution in [0.3, 0.4) is 0 Å². The molecule has 2 saturated heterocycles. The summed E-state index contributed by atoms with van der Waals surface area (Å²) in [5.74, 6) is 1.77. The fraction of sp³-hybridized carbons (Fsp3) is 0.480. The van der Waals surface area contributed by atoms with Gasteiger partial charge in [-0.3, -0.25) is 0 Å². The van der Waals surface area contributed by atoms with Gasteiger partial charge in [-0.1, -0.05) is 12.5 Å². The molecule has 2 aromatic heterocycles. The SMILES string of the molecule is COc1cc(-c2ccc(-c3ncc(N(C4CC4)[C@@H]4C[C@H]5CCC[C@@H](C4)N5)nn3)c(O)c2)cnn1. The van der Waals surface area contributed by atoms with Crippen molar-refractivity contribution in [2.75, 3.05) is 12.0 Å². The lowest BCUT2D eigenvalue weighted by Gasteiger charge is -2.45. The zero-order valence-electron chi connectivity index (χ0n) is 19.3. The van der Waals surface area contributed by atoms with Crippen LogP contribution in [-0.2, 0) is 0 Å². The average molecular weight is 460 g/mol. The molecule has 3 atom stereocenters. The first-order valence-corrected chi connectivity index (χ1v) is 12.1. The van der Waals surface area contributed by atoms with Crippen LogP contribution >= 0.6 is 0 Å². The van der Waals surface area contributed by atoms with E-state index in [-0.39, 0.29) is 5.75 Å². The number of rotatable bonds is 6. The van der Waals surface area contributed by atoms with Crippen molar-refractivity contribution in [3.8, 4) is 34.1 Å². The Kier molecular flexibility index (Phi) is 5.49. The third-order valence-electron chi connectivity index (χ3n) is 7.25. The maximum absolute atomic E-state index is 10.7. The fourth-order valence-corrected chi connectivity index (χ4v) is 5.50. The number of anilines is 1. The lowest BCUT2D eigenvalue weighted by atomic mass is 9.83. The van der Waals surface area contributed by atoms with Crippen molar-refractivity contribution >= 4 is 5.82 Å². The van der Waals surface area contributed by atoms with E-state index in [1.165, 1.54) is 32.1 Å². The molecule has 3 aromatic rings. The molecule has 0 unspecified atom stereocenters. The molecule has 0 radical (unpaired) electrons. The summed E-state index contributed by atoms with van der Waals surface area (Å²) in [5, 5.41) is 31.3. The van der Waals surface area contributed by atoms with E-state index in [1.807, 2.05) is 12.3 Å². The number of aromatic hydroxyl groups is 1. The van der Waals surface area contributed by atoms with Crippen LogP contribution in [0.5, 0.6) is 11.6 Å². The van der Waals surface area contributed by atoms with Gasteiger partial charge in [-0.05, 0) is 56.2 Å². The van der Waals surface area contributed by atoms with Gasteiger partial charge in [0.25, 0.3) is 0 Å². The highest BCUT2D eigenvalue weighted by Crippen LogP contribution is 2.38. The minimum atomic E-state index is 0.0908. The predicted molar refractivity (Wildman–Crippen MR) is 128 cm³/mol. The molecule has 3 fully saturated rings. The molecule has 3 aliphatic rings. The van der Waals surface area contributed by atoms with Crippen molar-refractivity contribution in [2.45, 2.75) is 69.1 Å². The molecule has 34 heavy (non-hydrogen) atoms. The van der Waals surface area contributed by atoms with Gasteiger partial charge in [-0.2, -0.15) is 5.10 Å². The first-order chi connectivity index (χ1) is 16.7. The Morgan fingerprint density at radius 2 is 1.76 bits per heavy atom. The van der Waals surface area contributed by atoms with Gasteiger partial charge in [-0.25, -0.2) is 4.98 Å². The Morgan fingerprint density at radius 1 is 0.941 bits per heavy atom. The molecule has 1 aromatic carbocycles. The summed E-state index contributed by atoms with van der Waals surface area (Å²) in [7, 11) is 1.55. The van der Waals surface area contributed by atoms with E-state index in [2.05, 4.69) is 35.6 Å². The van der Waals surface area contributed by atoms with Gasteiger partial charge in [0.15, 0.2) is 11.6 Å². The molecular formula is C25H29N7O2. The number of piperidine rings is 2. The molecule has 176 valence electrons. The van der Waals surface area contributed by atoms with Gasteiger partial charge in [0.2, 0.25) is 5.88 Å². The topological polar surface area (TPSA) is 109 Å². The van der Waals surface area contributed by atoms with Crippen LogP contribution < -0.4 is 15.0 Å². The molecule has 1 saturated carbocycles. The van der Waals surface area contributed by atoms with Gasteiger partial charge in [0, 0.05) is 35.8 Å². The number of ether oxygens (including phenoxy) is 1. The molecule has 0 spiro atoms. The van der Waals surface area contributed by atoms with E-state index in [9.17, 15) is 5.11 Å². The first kappa shape index (κ1) is 21.2. The number of phenols is 1. The van der Waals surface area contributed by atoms with Gasteiger partial charge in [-0.15, -0.1) is 15.3 Å². The minimum Gasteiger partial charge on any atom is -0.507 e. The zero-order chi connectivity index (χ0) is 23.1. The number of hydrogen-bond donors (Lipinski definition) is 2. The summed E-state index contributed by atoms with van der Waals surface area (Å²) in [6.45, 7) is 0. The standard InChI is InChI=1S/C25H29N7O2/c1-34-24-10-16(13-27-30-24)15-5-8-21(22(33)9-15)25-26-14-23(29-31-25)32(19-6-7-19)20-11-17-3-2-4-18(12-20)28-17/h5,8-10,13-14,17-20,28,33H,2-4,6-7,11-12H2,1H3/t17-,18+,20-. The van der Waals surface area contributed by atoms with Crippen molar-refractivity contribution in [1.29, 1.82) is 0 Å². The highest BCUT2D eigenvalue weighted by atomic mass is 16.5. The number of methoxy groups -OCH3 is 1. The molecule has 4 heterocycles. The number of hydrogen-bond acceptors (Lipinski definition) is 9. The number of nitrogens with one attached hydrogen (secondary N) is 1. The maximum atomic E-state index is 10.7. The van der Waals surface area contributed by atoms with E-state index in [1.54, 1.807) is 31.5 Å². The summed E-state index contributed by atoms with van der Waals surface area (Å²) >= 11 is 0. The van der Waals surface area contributed by atoms with E-state index in [0.717, 1.165) is 29.8 Å². The first-order valence-electron chi connectivity index (χ1n) is 12.1. The Bertz CT molecular complexity index is 1160. The van der Waals surface area contributed by atoms with Crippen molar-refractivity contribution < 1.29 is 9.84 Å². The number of aromatic nitrogens is 5. The third kappa shape index (κ3) is 4.16. The number of nitrogens with zero attached hydrogens (tertiary/aromatic N) is 6. The number of phenolic OH excluding ortho intramolecular Hbond substituents is 1. The molecular weight excluding hydrogens is 430 g/mol. The number of fused-ring (bicyclic) bond motifs is 2. The Hall–Kier alpha value is -3.33. The molecule has 6 rings (SSSR count). The molecule has 0 amide bonds. The summed E-state index contributed by atoms with van der Waals surface area (Å²) in [4.78, 5) is 7.08. The second-order valence-corrected chi connectivity index (χ2v) is 9.61. The van der Waals surface area contributed by atoms with Gasteiger partial charge >= 0.3 is 0 Å². The second-order valence-electron chi connectivity index (χ2n) is 9.61. The van der Waals surface area contributed by atoms with E-state index in [4.69, 9.17) is 4.74 Å². The molecule has 9 nitrogen and oxygen atoms in total. The second kappa shape index (κ2) is 8.79. The van der Waals surface area contributed by atoms with E-state index in [0.29, 0.717) is 41.4 Å². The van der Waals surface area contributed by atoms with Crippen LogP contribution in [0, 0.1) is 0 Å². The predicted octanol–water partition coefficient (Wildman–Crippen LogP) is 3.35. The van der Waals surface area contributed by atoms with Crippen LogP contribution in [0.15, 0.2) is 36.7 Å². The third-order valence-corrected chi connectivity index (χ3v) is 7.25. The van der Waals surface area contributed by atoms with Crippen molar-refractivity contribution in [3.05, 3.63) is 36.7 Å². The normalized spacial score (nSPS) is 24.0. The largest absolute Gasteiger partial charge is 0.507 e. The maximum Gasteiger partial charge on any atom is 0.233 e. The van der Waals surface area contributed by atoms with Crippen LogP contribution in [-0.4, -0.2) is 61.8 Å². The van der Waals surface area contributed by atoms with Gasteiger partial charge in [0.05, 0.1) is 25.1 Å². The van der Waals surface area contributed by atoms with E-state index < -0.39 is 0 Å². The fourth-order valence-electron chi connectivity index (χ4n) is 5.50. The van der Waals surface area contributed by atoms with Gasteiger partial charge < -0.3 is 20.1 Å². The molecule has 9 heteroatoms. The molecule has 2 bridgehead atoms. The summed E-state index contributed by atoms with van der Waals surface area (Å²) in [6, 6.07) is 9.42. The van der Waals surface area contributed by atoms with Crippen molar-refractivity contribution in [1.82, 2.24) is 30.7 Å². The minimum absolute atomic E-state index is 0.0908. The molecule has 2 N–H and O–H groups in total. The summed E-state index contributed by atoms with van der Waals surface area (Å²) in [5.41, 5.74) is 2.15. The van der Waals surface area contributed by atoms with Crippen molar-refractivity contribution in [3.63, 3.8) is 0 Å². The molecule has 2 aliphatic heterocycles. The van der Waals surface area contributed by atoms with Crippen molar-refractivity contribution in [2.24, 2.45) is 0 Å².